The minimum Gasteiger partial charge on any atom is -0.384 e. The van der Waals surface area contributed by atoms with Crippen LogP contribution < -0.4 is 5.32 Å². The van der Waals surface area contributed by atoms with Gasteiger partial charge in [-0.25, -0.2) is 8.42 Å². The highest BCUT2D eigenvalue weighted by Crippen LogP contribution is 2.18. The Kier molecular flexibility index (Phi) is 4.62. The summed E-state index contributed by atoms with van der Waals surface area (Å²) in [4.78, 5) is 0.360. The second-order valence-corrected chi connectivity index (χ2v) is 6.62. The molecule has 1 aromatic rings. The van der Waals surface area contributed by atoms with E-state index in [4.69, 9.17) is 11.6 Å². The van der Waals surface area contributed by atoms with E-state index in [9.17, 15) is 8.42 Å². The van der Waals surface area contributed by atoms with Gasteiger partial charge in [-0.05, 0) is 38.1 Å². The van der Waals surface area contributed by atoms with Gasteiger partial charge in [0.1, 0.15) is 0 Å². The zero-order chi connectivity index (χ0) is 12.2. The minimum atomic E-state index is -3.17. The summed E-state index contributed by atoms with van der Waals surface area (Å²) in [6.45, 7) is 4.02. The van der Waals surface area contributed by atoms with Gasteiger partial charge in [-0.3, -0.25) is 0 Å². The normalized spacial score (nSPS) is 11.8. The number of nitrogens with one attached hydrogen (secondary N) is 1. The van der Waals surface area contributed by atoms with E-state index in [-0.39, 0.29) is 0 Å². The van der Waals surface area contributed by atoms with Crippen LogP contribution in [0.4, 0.5) is 5.69 Å². The predicted octanol–water partition coefficient (Wildman–Crippen LogP) is 2.52. The monoisotopic (exact) mass is 261 g/mol. The van der Waals surface area contributed by atoms with Gasteiger partial charge in [0.15, 0.2) is 9.84 Å². The van der Waals surface area contributed by atoms with Gasteiger partial charge in [0.25, 0.3) is 0 Å². The van der Waals surface area contributed by atoms with E-state index in [1.165, 1.54) is 0 Å². The molecule has 0 unspecified atom stereocenters. The third-order valence-corrected chi connectivity index (χ3v) is 4.59. The maximum atomic E-state index is 11.8. The van der Waals surface area contributed by atoms with E-state index in [2.05, 4.69) is 5.32 Å². The van der Waals surface area contributed by atoms with Crippen LogP contribution in [-0.2, 0) is 9.84 Å². The van der Waals surface area contributed by atoms with Gasteiger partial charge in [-0.1, -0.05) is 0 Å². The fourth-order valence-electron chi connectivity index (χ4n) is 1.23. The molecule has 0 saturated carbocycles. The Bertz CT molecular complexity index is 426. The van der Waals surface area contributed by atoms with Gasteiger partial charge >= 0.3 is 0 Å². The molecule has 0 amide bonds. The van der Waals surface area contributed by atoms with E-state index < -0.39 is 15.1 Å². The van der Waals surface area contributed by atoms with E-state index in [0.717, 1.165) is 5.69 Å². The van der Waals surface area contributed by atoms with Crippen molar-refractivity contribution in [2.45, 2.75) is 24.0 Å². The second kappa shape index (κ2) is 5.55. The molecule has 0 atom stereocenters. The number of anilines is 1. The Morgan fingerprint density at radius 2 is 1.81 bits per heavy atom. The van der Waals surface area contributed by atoms with Crippen molar-refractivity contribution in [3.63, 3.8) is 0 Å². The SMILES string of the molecule is CC(C)S(=O)(=O)c1ccc(NCCCl)cc1. The first-order valence-electron chi connectivity index (χ1n) is 5.12. The van der Waals surface area contributed by atoms with E-state index >= 15 is 0 Å². The van der Waals surface area contributed by atoms with Crippen molar-refractivity contribution in [2.24, 2.45) is 0 Å². The first-order chi connectivity index (χ1) is 7.48. The van der Waals surface area contributed by atoms with Crippen molar-refractivity contribution in [1.82, 2.24) is 0 Å². The van der Waals surface area contributed by atoms with Gasteiger partial charge < -0.3 is 5.32 Å². The zero-order valence-electron chi connectivity index (χ0n) is 9.40. The van der Waals surface area contributed by atoms with Crippen molar-refractivity contribution in [3.05, 3.63) is 24.3 Å². The Hall–Kier alpha value is -0.740. The Morgan fingerprint density at radius 1 is 1.25 bits per heavy atom. The highest BCUT2D eigenvalue weighted by Gasteiger charge is 2.18. The second-order valence-electron chi connectivity index (χ2n) is 3.73. The lowest BCUT2D eigenvalue weighted by atomic mass is 10.3. The Balaban J connectivity index is 2.87. The molecule has 0 aromatic heterocycles. The molecule has 16 heavy (non-hydrogen) atoms. The van der Waals surface area contributed by atoms with Crippen LogP contribution in [0.25, 0.3) is 0 Å². The predicted molar refractivity (Wildman–Crippen MR) is 68.0 cm³/mol. The van der Waals surface area contributed by atoms with Crippen LogP contribution in [0.2, 0.25) is 0 Å². The van der Waals surface area contributed by atoms with Crippen molar-refractivity contribution in [2.75, 3.05) is 17.7 Å². The molecule has 0 saturated heterocycles. The zero-order valence-corrected chi connectivity index (χ0v) is 11.0. The fraction of sp³-hybridized carbons (Fsp3) is 0.455. The minimum absolute atomic E-state index is 0.360. The van der Waals surface area contributed by atoms with Crippen LogP contribution in [0, 0.1) is 0 Å². The molecule has 0 spiro atoms. The molecule has 0 fully saturated rings. The molecule has 3 nitrogen and oxygen atoms in total. The number of alkyl halides is 1. The largest absolute Gasteiger partial charge is 0.384 e. The van der Waals surface area contributed by atoms with E-state index in [1.54, 1.807) is 38.1 Å². The first-order valence-corrected chi connectivity index (χ1v) is 7.20. The summed E-state index contributed by atoms with van der Waals surface area (Å²) < 4.78 is 23.6. The van der Waals surface area contributed by atoms with Crippen molar-refractivity contribution in [1.29, 1.82) is 0 Å². The molecule has 90 valence electrons. The molecule has 0 heterocycles. The van der Waals surface area contributed by atoms with Crippen molar-refractivity contribution in [3.8, 4) is 0 Å². The topological polar surface area (TPSA) is 46.2 Å². The molecule has 0 radical (unpaired) electrons. The van der Waals surface area contributed by atoms with Gasteiger partial charge in [0.2, 0.25) is 0 Å². The molecular formula is C11H16ClNO2S. The van der Waals surface area contributed by atoms with Crippen LogP contribution in [0.1, 0.15) is 13.8 Å². The summed E-state index contributed by atoms with van der Waals surface area (Å²) in [5.74, 6) is 0.520. The van der Waals surface area contributed by atoms with Crippen molar-refractivity contribution >= 4 is 27.1 Å². The lowest BCUT2D eigenvalue weighted by molar-refractivity contribution is 0.587. The summed E-state index contributed by atoms with van der Waals surface area (Å²) in [6, 6.07) is 6.74. The Labute approximate surface area is 102 Å². The summed E-state index contributed by atoms with van der Waals surface area (Å²) in [5, 5.41) is 2.68. The van der Waals surface area contributed by atoms with Gasteiger partial charge in [0.05, 0.1) is 10.1 Å². The average molecular weight is 262 g/mol. The summed E-state index contributed by atoms with van der Waals surface area (Å²) >= 11 is 5.54. The highest BCUT2D eigenvalue weighted by molar-refractivity contribution is 7.92. The lowest BCUT2D eigenvalue weighted by Crippen LogP contribution is -2.14. The number of sulfone groups is 1. The molecule has 0 bridgehead atoms. The first kappa shape index (κ1) is 13.3. The number of hydrogen-bond acceptors (Lipinski definition) is 3. The van der Waals surface area contributed by atoms with Gasteiger partial charge in [-0.2, -0.15) is 0 Å². The molecule has 0 aliphatic heterocycles. The average Bonchev–Trinajstić information content (AvgIpc) is 2.26. The van der Waals surface area contributed by atoms with Crippen LogP contribution in [0.5, 0.6) is 0 Å². The smallest absolute Gasteiger partial charge is 0.180 e. The number of benzene rings is 1. The van der Waals surface area contributed by atoms with Crippen LogP contribution in [0.3, 0.4) is 0 Å². The van der Waals surface area contributed by atoms with E-state index in [1.807, 2.05) is 0 Å². The van der Waals surface area contributed by atoms with Crippen LogP contribution in [-0.4, -0.2) is 26.1 Å². The molecule has 0 aliphatic rings. The van der Waals surface area contributed by atoms with Gasteiger partial charge in [-0.15, -0.1) is 11.6 Å². The maximum absolute atomic E-state index is 11.8. The number of halogens is 1. The Morgan fingerprint density at radius 3 is 2.25 bits per heavy atom. The van der Waals surface area contributed by atoms with E-state index in [0.29, 0.717) is 17.3 Å². The van der Waals surface area contributed by atoms with Crippen LogP contribution in [0.15, 0.2) is 29.2 Å². The standard InChI is InChI=1S/C11H16ClNO2S/c1-9(2)16(14,15)11-5-3-10(4-6-11)13-8-7-12/h3-6,9,13H,7-8H2,1-2H3. The number of rotatable bonds is 5. The molecule has 1 aromatic carbocycles. The van der Waals surface area contributed by atoms with Gasteiger partial charge in [0, 0.05) is 18.1 Å². The molecule has 1 N–H and O–H groups in total. The fourth-order valence-corrected chi connectivity index (χ4v) is 2.38. The lowest BCUT2D eigenvalue weighted by Gasteiger charge is -2.09. The molecule has 5 heteroatoms. The molecular weight excluding hydrogens is 246 g/mol. The number of hydrogen-bond donors (Lipinski definition) is 1. The highest BCUT2D eigenvalue weighted by atomic mass is 35.5. The quantitative estimate of drug-likeness (QED) is 0.829. The molecule has 1 rings (SSSR count). The van der Waals surface area contributed by atoms with Crippen LogP contribution >= 0.6 is 11.6 Å². The summed E-state index contributed by atoms with van der Waals surface area (Å²) in [6.07, 6.45) is 0. The third-order valence-electron chi connectivity index (χ3n) is 2.23. The summed E-state index contributed by atoms with van der Waals surface area (Å²) in [7, 11) is -3.17. The van der Waals surface area contributed by atoms with Crippen molar-refractivity contribution < 1.29 is 8.42 Å². The summed E-state index contributed by atoms with van der Waals surface area (Å²) in [5.41, 5.74) is 0.878. The maximum Gasteiger partial charge on any atom is 0.180 e. The third kappa shape index (κ3) is 3.12. The molecule has 0 aliphatic carbocycles.